The zero-order chi connectivity index (χ0) is 11.4. The van der Waals surface area contributed by atoms with Crippen molar-refractivity contribution in [1.29, 1.82) is 0 Å². The average Bonchev–Trinajstić information content (AvgIpc) is 2.12. The number of rotatable bonds is 6. The molecule has 0 rings (SSSR count). The van der Waals surface area contributed by atoms with E-state index in [0.717, 1.165) is 0 Å². The second-order valence-corrected chi connectivity index (χ2v) is 4.68. The maximum Gasteiger partial charge on any atom is 0.269 e. The topological polar surface area (TPSA) is 141 Å². The van der Waals surface area contributed by atoms with Gasteiger partial charge in [0.1, 0.15) is 5.25 Å². The smallest absolute Gasteiger partial charge is 0.269 e. The third-order valence-electron chi connectivity index (χ3n) is 2.20. The fraction of sp³-hybridized carbons (Fsp3) is 1.00. The second kappa shape index (κ2) is 5.01. The maximum atomic E-state index is 10.8. The molecule has 6 N–H and O–H groups in total. The molecule has 1 unspecified atom stereocenters. The molecule has 0 aromatic heterocycles. The van der Waals surface area contributed by atoms with E-state index in [0.29, 0.717) is 0 Å². The summed E-state index contributed by atoms with van der Waals surface area (Å²) in [5, 5.41) is 25.1. The molecule has 0 heterocycles. The van der Waals surface area contributed by atoms with Gasteiger partial charge < -0.3 is 21.1 Å². The van der Waals surface area contributed by atoms with Crippen LogP contribution < -0.4 is 5.73 Å². The van der Waals surface area contributed by atoms with Crippen molar-refractivity contribution in [2.45, 2.75) is 5.25 Å². The van der Waals surface area contributed by atoms with Crippen molar-refractivity contribution in [3.05, 3.63) is 0 Å². The third kappa shape index (κ3) is 2.62. The molecule has 0 fully saturated rings. The van der Waals surface area contributed by atoms with E-state index in [1.54, 1.807) is 0 Å². The molecule has 0 bridgehead atoms. The Morgan fingerprint density at radius 3 is 1.57 bits per heavy atom. The van der Waals surface area contributed by atoms with Crippen LogP contribution in [0.25, 0.3) is 0 Å². The Morgan fingerprint density at radius 2 is 1.50 bits per heavy atom. The Labute approximate surface area is 81.9 Å². The minimum atomic E-state index is -4.51. The van der Waals surface area contributed by atoms with Crippen molar-refractivity contribution < 1.29 is 28.3 Å². The highest BCUT2D eigenvalue weighted by atomic mass is 32.2. The van der Waals surface area contributed by atoms with Gasteiger partial charge in [0.25, 0.3) is 10.1 Å². The molecule has 0 radical (unpaired) electrons. The molecule has 0 aliphatic heterocycles. The summed E-state index contributed by atoms with van der Waals surface area (Å²) in [6, 6.07) is 0. The van der Waals surface area contributed by atoms with E-state index < -0.39 is 47.1 Å². The highest BCUT2D eigenvalue weighted by Crippen LogP contribution is 2.25. The van der Waals surface area contributed by atoms with Crippen LogP contribution in [-0.4, -0.2) is 59.9 Å². The molecule has 0 aliphatic rings. The highest BCUT2D eigenvalue weighted by molar-refractivity contribution is 7.86. The quantitative estimate of drug-likeness (QED) is 0.309. The Balaban J connectivity index is 5.15. The van der Waals surface area contributed by atoms with Crippen LogP contribution in [0.2, 0.25) is 0 Å². The van der Waals surface area contributed by atoms with Crippen molar-refractivity contribution in [2.75, 3.05) is 26.4 Å². The molecule has 8 heteroatoms. The summed E-state index contributed by atoms with van der Waals surface area (Å²) in [5.74, 6) is 0. The van der Waals surface area contributed by atoms with Crippen molar-refractivity contribution in [2.24, 2.45) is 11.1 Å². The van der Waals surface area contributed by atoms with E-state index >= 15 is 0 Å². The molecule has 0 amide bonds. The normalized spacial score (nSPS) is 15.5. The summed E-state index contributed by atoms with van der Waals surface area (Å²) in [5.41, 5.74) is 3.38. The molecule has 0 aromatic carbocycles. The molecular formula is C6H15NO6S. The van der Waals surface area contributed by atoms with Gasteiger partial charge in [-0.05, 0) is 0 Å². The summed E-state index contributed by atoms with van der Waals surface area (Å²) in [4.78, 5) is 0. The van der Waals surface area contributed by atoms with Crippen molar-refractivity contribution in [1.82, 2.24) is 0 Å². The van der Waals surface area contributed by atoms with Gasteiger partial charge in [0, 0.05) is 6.54 Å². The number of hydrogen-bond donors (Lipinski definition) is 5. The molecule has 14 heavy (non-hydrogen) atoms. The van der Waals surface area contributed by atoms with Crippen molar-refractivity contribution in [3.63, 3.8) is 0 Å². The van der Waals surface area contributed by atoms with E-state index in [1.165, 1.54) is 0 Å². The van der Waals surface area contributed by atoms with Gasteiger partial charge in [-0.15, -0.1) is 0 Å². The van der Waals surface area contributed by atoms with Crippen molar-refractivity contribution in [3.8, 4) is 0 Å². The third-order valence-corrected chi connectivity index (χ3v) is 3.61. The molecule has 0 spiro atoms. The average molecular weight is 229 g/mol. The Bertz CT molecular complexity index is 251. The summed E-state index contributed by atoms with van der Waals surface area (Å²) < 4.78 is 30.4. The summed E-state index contributed by atoms with van der Waals surface area (Å²) in [6.45, 7) is -2.87. The van der Waals surface area contributed by atoms with E-state index in [2.05, 4.69) is 0 Å². The monoisotopic (exact) mass is 229 g/mol. The fourth-order valence-electron chi connectivity index (χ4n) is 1.14. The van der Waals surface area contributed by atoms with Gasteiger partial charge in [-0.25, -0.2) is 0 Å². The van der Waals surface area contributed by atoms with Crippen LogP contribution in [0.15, 0.2) is 0 Å². The van der Waals surface area contributed by atoms with Crippen LogP contribution in [0, 0.1) is 5.41 Å². The minimum Gasteiger partial charge on any atom is -0.396 e. The summed E-state index contributed by atoms with van der Waals surface area (Å²) >= 11 is 0. The fourth-order valence-corrected chi connectivity index (χ4v) is 2.24. The Kier molecular flexibility index (Phi) is 4.92. The maximum absolute atomic E-state index is 10.8. The zero-order valence-corrected chi connectivity index (χ0v) is 8.31. The number of aliphatic hydroxyl groups is 3. The SMILES string of the molecule is NCC(C(CO)(CO)CO)S(=O)(=O)O. The van der Waals surface area contributed by atoms with Gasteiger partial charge in [0.15, 0.2) is 0 Å². The Morgan fingerprint density at radius 1 is 1.14 bits per heavy atom. The predicted octanol–water partition coefficient (Wildman–Crippen LogP) is -2.84. The van der Waals surface area contributed by atoms with E-state index in [1.807, 2.05) is 0 Å². The van der Waals surface area contributed by atoms with E-state index in [9.17, 15) is 8.42 Å². The summed E-state index contributed by atoms with van der Waals surface area (Å²) in [7, 11) is -4.51. The molecule has 0 aromatic rings. The van der Waals surface area contributed by atoms with Gasteiger partial charge in [0.05, 0.1) is 25.2 Å². The zero-order valence-electron chi connectivity index (χ0n) is 7.50. The lowest BCUT2D eigenvalue weighted by Crippen LogP contribution is -2.52. The van der Waals surface area contributed by atoms with Gasteiger partial charge in [0.2, 0.25) is 0 Å². The summed E-state index contributed by atoms with van der Waals surface area (Å²) in [6.07, 6.45) is 0. The van der Waals surface area contributed by atoms with E-state index in [-0.39, 0.29) is 0 Å². The van der Waals surface area contributed by atoms with Crippen LogP contribution in [0.3, 0.4) is 0 Å². The first-order chi connectivity index (χ1) is 6.37. The van der Waals surface area contributed by atoms with Crippen LogP contribution in [-0.2, 0) is 10.1 Å². The Hall–Kier alpha value is -0.250. The standard InChI is InChI=1S/C6H15NO6S/c7-1-5(14(11,12)13)6(2-8,3-9)4-10/h5,8-10H,1-4,7H2,(H,11,12,13). The molecule has 7 nitrogen and oxygen atoms in total. The number of nitrogens with two attached hydrogens (primary N) is 1. The first-order valence-electron chi connectivity index (χ1n) is 3.87. The minimum absolute atomic E-state index is 0.499. The van der Waals surface area contributed by atoms with Gasteiger partial charge in [-0.3, -0.25) is 4.55 Å². The molecule has 0 saturated carbocycles. The lowest BCUT2D eigenvalue weighted by atomic mass is 9.87. The first-order valence-corrected chi connectivity index (χ1v) is 5.37. The molecular weight excluding hydrogens is 214 g/mol. The number of hydrogen-bond acceptors (Lipinski definition) is 6. The number of aliphatic hydroxyl groups excluding tert-OH is 3. The lowest BCUT2D eigenvalue weighted by molar-refractivity contribution is 0.00237. The second-order valence-electron chi connectivity index (χ2n) is 3.08. The van der Waals surface area contributed by atoms with Gasteiger partial charge in [-0.2, -0.15) is 8.42 Å². The predicted molar refractivity (Wildman–Crippen MR) is 48.1 cm³/mol. The largest absolute Gasteiger partial charge is 0.396 e. The van der Waals surface area contributed by atoms with E-state index in [4.69, 9.17) is 25.6 Å². The molecule has 0 aliphatic carbocycles. The van der Waals surface area contributed by atoms with Crippen LogP contribution >= 0.6 is 0 Å². The van der Waals surface area contributed by atoms with Gasteiger partial charge in [-0.1, -0.05) is 0 Å². The van der Waals surface area contributed by atoms with Crippen molar-refractivity contribution >= 4 is 10.1 Å². The van der Waals surface area contributed by atoms with Crippen LogP contribution in [0.5, 0.6) is 0 Å². The molecule has 86 valence electrons. The molecule has 1 atom stereocenters. The molecule has 0 saturated heterocycles. The first kappa shape index (κ1) is 13.8. The van der Waals surface area contributed by atoms with Crippen LogP contribution in [0.4, 0.5) is 0 Å². The van der Waals surface area contributed by atoms with Gasteiger partial charge >= 0.3 is 0 Å². The highest BCUT2D eigenvalue weighted by Gasteiger charge is 2.44. The lowest BCUT2D eigenvalue weighted by Gasteiger charge is -2.33. The van der Waals surface area contributed by atoms with Crippen LogP contribution in [0.1, 0.15) is 0 Å².